The van der Waals surface area contributed by atoms with Crippen LogP contribution in [0.5, 0.6) is 0 Å². The van der Waals surface area contributed by atoms with Crippen molar-refractivity contribution in [2.24, 2.45) is 11.7 Å². The number of carbonyl (C=O) groups is 1. The van der Waals surface area contributed by atoms with Gasteiger partial charge >= 0.3 is 5.97 Å². The second-order valence-electron chi connectivity index (χ2n) is 5.85. The Bertz CT molecular complexity index is 320. The molecule has 3 atom stereocenters. The molecule has 0 aromatic rings. The Labute approximate surface area is 108 Å². The van der Waals surface area contributed by atoms with Crippen LogP contribution in [-0.2, 0) is 4.79 Å². The van der Waals surface area contributed by atoms with Crippen molar-refractivity contribution in [1.82, 2.24) is 5.32 Å². The van der Waals surface area contributed by atoms with Gasteiger partial charge in [0, 0.05) is 5.54 Å². The van der Waals surface area contributed by atoms with Crippen molar-refractivity contribution in [2.75, 3.05) is 6.54 Å². The molecule has 6 heteroatoms. The third kappa shape index (κ3) is 2.42. The van der Waals surface area contributed by atoms with Crippen molar-refractivity contribution >= 4 is 13.5 Å². The topological polar surface area (TPSA) is 95.6 Å². The fourth-order valence-electron chi connectivity index (χ4n) is 3.69. The molecular weight excluding hydrogens is 231 g/mol. The van der Waals surface area contributed by atoms with Crippen LogP contribution in [0.3, 0.4) is 0 Å². The molecule has 2 rings (SSSR count). The predicted molar refractivity (Wildman–Crippen MR) is 69.3 cm³/mol. The van der Waals surface area contributed by atoms with E-state index in [0.717, 1.165) is 46.1 Å². The summed E-state index contributed by atoms with van der Waals surface area (Å²) >= 11 is 0. The minimum atomic E-state index is -1.10. The van der Waals surface area contributed by atoms with Gasteiger partial charge < -0.3 is 21.2 Å². The van der Waals surface area contributed by atoms with Crippen molar-refractivity contribution in [3.05, 3.63) is 0 Å². The van der Waals surface area contributed by atoms with Crippen molar-refractivity contribution in [3.8, 4) is 0 Å². The Morgan fingerprint density at radius 3 is 2.89 bits per heavy atom. The maximum absolute atomic E-state index is 11.5. The number of carboxylic acids is 1. The SMILES string of the molecule is NC1(C(=O)O)CC2(CCCN2)CC1CCC[B]O. The summed E-state index contributed by atoms with van der Waals surface area (Å²) in [6.07, 6.45) is 5.68. The number of rotatable bonds is 5. The molecule has 3 unspecified atom stereocenters. The van der Waals surface area contributed by atoms with Gasteiger partial charge in [0.15, 0.2) is 0 Å². The van der Waals surface area contributed by atoms with Crippen molar-refractivity contribution < 1.29 is 14.9 Å². The lowest BCUT2D eigenvalue weighted by Crippen LogP contribution is -2.52. The molecule has 1 spiro atoms. The Hall–Kier alpha value is -0.585. The standard InChI is InChI=1S/C12H22BN2O3/c14-12(10(16)17)8-11(4-2-6-15-11)7-9(12)3-1-5-13-18/h9,15,18H,1-8,14H2,(H,16,17). The van der Waals surface area contributed by atoms with Gasteiger partial charge in [-0.2, -0.15) is 0 Å². The molecule has 1 heterocycles. The minimum absolute atomic E-state index is 0.000509. The lowest BCUT2D eigenvalue weighted by molar-refractivity contribution is -0.145. The summed E-state index contributed by atoms with van der Waals surface area (Å²) in [5, 5.41) is 21.6. The zero-order valence-corrected chi connectivity index (χ0v) is 10.7. The van der Waals surface area contributed by atoms with Gasteiger partial charge in [0.05, 0.1) is 0 Å². The number of aliphatic carboxylic acids is 1. The van der Waals surface area contributed by atoms with Crippen molar-refractivity contribution in [2.45, 2.75) is 55.9 Å². The van der Waals surface area contributed by atoms with Gasteiger partial charge in [-0.1, -0.05) is 12.7 Å². The highest BCUT2D eigenvalue weighted by atomic mass is 16.4. The average Bonchev–Trinajstić information content (AvgIpc) is 2.87. The summed E-state index contributed by atoms with van der Waals surface area (Å²) in [6, 6.07) is 0. The Kier molecular flexibility index (Phi) is 3.99. The fraction of sp³-hybridized carbons (Fsp3) is 0.917. The molecule has 2 aliphatic rings. The van der Waals surface area contributed by atoms with Gasteiger partial charge in [-0.05, 0) is 44.6 Å². The van der Waals surface area contributed by atoms with Crippen LogP contribution in [-0.4, -0.2) is 41.2 Å². The van der Waals surface area contributed by atoms with Crippen molar-refractivity contribution in [3.63, 3.8) is 0 Å². The molecule has 5 nitrogen and oxygen atoms in total. The second kappa shape index (κ2) is 5.19. The molecule has 0 aromatic carbocycles. The summed E-state index contributed by atoms with van der Waals surface area (Å²) in [4.78, 5) is 11.5. The highest BCUT2D eigenvalue weighted by molar-refractivity contribution is 6.25. The zero-order chi connectivity index (χ0) is 13.2. The van der Waals surface area contributed by atoms with Gasteiger partial charge in [-0.15, -0.1) is 0 Å². The molecule has 1 saturated carbocycles. The van der Waals surface area contributed by atoms with E-state index in [1.807, 2.05) is 0 Å². The van der Waals surface area contributed by atoms with E-state index >= 15 is 0 Å². The first-order valence-corrected chi connectivity index (χ1v) is 6.76. The lowest BCUT2D eigenvalue weighted by atomic mass is 9.82. The molecule has 1 aliphatic heterocycles. The van der Waals surface area contributed by atoms with E-state index in [-0.39, 0.29) is 11.5 Å². The first kappa shape index (κ1) is 13.8. The number of carboxylic acid groups (broad SMARTS) is 1. The fourth-order valence-corrected chi connectivity index (χ4v) is 3.69. The van der Waals surface area contributed by atoms with Gasteiger partial charge in [0.1, 0.15) is 5.54 Å². The monoisotopic (exact) mass is 253 g/mol. The highest BCUT2D eigenvalue weighted by Gasteiger charge is 2.56. The van der Waals surface area contributed by atoms with E-state index in [9.17, 15) is 9.90 Å². The first-order chi connectivity index (χ1) is 8.52. The van der Waals surface area contributed by atoms with Crippen LogP contribution >= 0.6 is 0 Å². The van der Waals surface area contributed by atoms with Crippen LogP contribution in [0, 0.1) is 5.92 Å². The zero-order valence-electron chi connectivity index (χ0n) is 10.7. The lowest BCUT2D eigenvalue weighted by Gasteiger charge is -2.27. The molecule has 18 heavy (non-hydrogen) atoms. The van der Waals surface area contributed by atoms with Crippen LogP contribution in [0.2, 0.25) is 6.32 Å². The second-order valence-corrected chi connectivity index (χ2v) is 5.85. The third-order valence-corrected chi connectivity index (χ3v) is 4.61. The molecular formula is C12H22BN2O3. The van der Waals surface area contributed by atoms with E-state index in [0.29, 0.717) is 12.7 Å². The molecule has 0 aromatic heterocycles. The maximum Gasteiger partial charge on any atom is 0.324 e. The Morgan fingerprint density at radius 2 is 2.33 bits per heavy atom. The molecule has 1 saturated heterocycles. The quantitative estimate of drug-likeness (QED) is 0.412. The molecule has 0 amide bonds. The van der Waals surface area contributed by atoms with Crippen LogP contribution in [0.1, 0.15) is 38.5 Å². The van der Waals surface area contributed by atoms with E-state index in [2.05, 4.69) is 5.32 Å². The number of hydrogen-bond donors (Lipinski definition) is 4. The van der Waals surface area contributed by atoms with Gasteiger partial charge in [0.25, 0.3) is 7.48 Å². The van der Waals surface area contributed by atoms with Crippen molar-refractivity contribution in [1.29, 1.82) is 0 Å². The normalized spacial score (nSPS) is 39.3. The number of nitrogens with one attached hydrogen (secondary N) is 1. The van der Waals surface area contributed by atoms with Crippen LogP contribution in [0.15, 0.2) is 0 Å². The molecule has 1 aliphatic carbocycles. The van der Waals surface area contributed by atoms with Gasteiger partial charge in [-0.25, -0.2) is 0 Å². The Morgan fingerprint density at radius 1 is 1.56 bits per heavy atom. The van der Waals surface area contributed by atoms with E-state index in [1.165, 1.54) is 0 Å². The number of nitrogens with two attached hydrogens (primary N) is 1. The van der Waals surface area contributed by atoms with Gasteiger partial charge in [0.2, 0.25) is 0 Å². The molecule has 0 bridgehead atoms. The Balaban J connectivity index is 2.07. The average molecular weight is 253 g/mol. The van der Waals surface area contributed by atoms with Crippen LogP contribution in [0.25, 0.3) is 0 Å². The highest BCUT2D eigenvalue weighted by Crippen LogP contribution is 2.47. The van der Waals surface area contributed by atoms with Gasteiger partial charge in [-0.3, -0.25) is 4.79 Å². The largest absolute Gasteiger partial charge is 0.480 e. The summed E-state index contributed by atoms with van der Waals surface area (Å²) in [6.45, 7) is 0.965. The minimum Gasteiger partial charge on any atom is -0.480 e. The van der Waals surface area contributed by atoms with E-state index in [1.54, 1.807) is 0 Å². The maximum atomic E-state index is 11.5. The number of hydrogen-bond acceptors (Lipinski definition) is 4. The summed E-state index contributed by atoms with van der Waals surface area (Å²) < 4.78 is 0. The third-order valence-electron chi connectivity index (χ3n) is 4.61. The van der Waals surface area contributed by atoms with Crippen LogP contribution in [0.4, 0.5) is 0 Å². The molecule has 5 N–H and O–H groups in total. The van der Waals surface area contributed by atoms with E-state index in [4.69, 9.17) is 10.8 Å². The summed E-state index contributed by atoms with van der Waals surface area (Å²) in [5.41, 5.74) is 5.01. The van der Waals surface area contributed by atoms with Crippen LogP contribution < -0.4 is 11.1 Å². The smallest absolute Gasteiger partial charge is 0.324 e. The summed E-state index contributed by atoms with van der Waals surface area (Å²) in [5.74, 6) is -0.883. The molecule has 1 radical (unpaired) electrons. The van der Waals surface area contributed by atoms with E-state index < -0.39 is 11.5 Å². The predicted octanol–water partition coefficient (Wildman–Crippen LogP) is 0.111. The molecule has 2 fully saturated rings. The molecule has 101 valence electrons. The summed E-state index contributed by atoms with van der Waals surface area (Å²) in [7, 11) is 1.14. The first-order valence-electron chi connectivity index (χ1n) is 6.76.